The van der Waals surface area contributed by atoms with Crippen LogP contribution in [-0.4, -0.2) is 11.7 Å². The van der Waals surface area contributed by atoms with Crippen LogP contribution in [0, 0.1) is 10.8 Å². The highest BCUT2D eigenvalue weighted by Crippen LogP contribution is 2.36. The highest BCUT2D eigenvalue weighted by molar-refractivity contribution is 7.25. The van der Waals surface area contributed by atoms with E-state index in [1.165, 1.54) is 0 Å². The van der Waals surface area contributed by atoms with Crippen LogP contribution < -0.4 is 11.5 Å². The molecule has 0 aliphatic heterocycles. The number of fused-ring (bicyclic) bond motifs is 3. The fourth-order valence-corrected chi connectivity index (χ4v) is 3.43. The number of hydrogen-bond donors (Lipinski definition) is 4. The molecule has 1 aromatic heterocycles. The molecule has 0 aliphatic rings. The second-order valence-corrected chi connectivity index (χ2v) is 5.37. The van der Waals surface area contributed by atoms with Gasteiger partial charge in [0, 0.05) is 31.3 Å². The van der Waals surface area contributed by atoms with Gasteiger partial charge >= 0.3 is 0 Å². The molecule has 0 fully saturated rings. The van der Waals surface area contributed by atoms with Crippen LogP contribution in [0.1, 0.15) is 11.1 Å². The van der Waals surface area contributed by atoms with Crippen molar-refractivity contribution in [2.75, 3.05) is 0 Å². The predicted octanol–water partition coefficient (Wildman–Crippen LogP) is 2.62. The van der Waals surface area contributed by atoms with E-state index in [-0.39, 0.29) is 11.7 Å². The molecular formula is C14H12N4S. The number of amidine groups is 2. The first-order valence-corrected chi connectivity index (χ1v) is 6.54. The van der Waals surface area contributed by atoms with Crippen LogP contribution in [0.2, 0.25) is 0 Å². The van der Waals surface area contributed by atoms with Gasteiger partial charge < -0.3 is 11.5 Å². The summed E-state index contributed by atoms with van der Waals surface area (Å²) in [5.41, 5.74) is 12.4. The molecule has 6 N–H and O–H groups in total. The van der Waals surface area contributed by atoms with Crippen LogP contribution in [0.25, 0.3) is 20.2 Å². The maximum atomic E-state index is 7.80. The standard InChI is InChI=1S/C14H12N4S/c15-13(16)8-5-6-10-11(12(8)14(17)18)7-3-1-2-4-9(7)19-10/h1-6H,(H3,15,16)(H3,17,18). The highest BCUT2D eigenvalue weighted by atomic mass is 32.1. The van der Waals surface area contributed by atoms with E-state index in [1.807, 2.05) is 30.3 Å². The molecule has 0 saturated heterocycles. The molecule has 1 heterocycles. The summed E-state index contributed by atoms with van der Waals surface area (Å²) >= 11 is 1.65. The first kappa shape index (κ1) is 11.7. The van der Waals surface area contributed by atoms with Gasteiger partial charge in [-0.15, -0.1) is 11.3 Å². The first-order chi connectivity index (χ1) is 9.09. The number of nitrogen functional groups attached to an aromatic ring is 2. The van der Waals surface area contributed by atoms with E-state index in [0.29, 0.717) is 11.1 Å². The molecule has 4 nitrogen and oxygen atoms in total. The monoisotopic (exact) mass is 268 g/mol. The first-order valence-electron chi connectivity index (χ1n) is 5.72. The molecule has 94 valence electrons. The Morgan fingerprint density at radius 2 is 1.63 bits per heavy atom. The molecule has 2 aromatic carbocycles. The fraction of sp³-hybridized carbons (Fsp3) is 0. The van der Waals surface area contributed by atoms with Crippen molar-refractivity contribution < 1.29 is 0 Å². The lowest BCUT2D eigenvalue weighted by Gasteiger charge is -2.08. The van der Waals surface area contributed by atoms with Gasteiger partial charge in [0.05, 0.1) is 0 Å². The minimum absolute atomic E-state index is 0.0562. The molecule has 5 heteroatoms. The Morgan fingerprint density at radius 3 is 2.32 bits per heavy atom. The zero-order chi connectivity index (χ0) is 13.6. The Labute approximate surface area is 113 Å². The summed E-state index contributed by atoms with van der Waals surface area (Å²) in [6.45, 7) is 0. The summed E-state index contributed by atoms with van der Waals surface area (Å²) in [7, 11) is 0. The van der Waals surface area contributed by atoms with E-state index in [1.54, 1.807) is 17.4 Å². The Kier molecular flexibility index (Phi) is 2.50. The largest absolute Gasteiger partial charge is 0.384 e. The van der Waals surface area contributed by atoms with Gasteiger partial charge in [0.25, 0.3) is 0 Å². The van der Waals surface area contributed by atoms with Crippen LogP contribution in [0.5, 0.6) is 0 Å². The molecule has 0 spiro atoms. The van der Waals surface area contributed by atoms with Crippen molar-refractivity contribution >= 4 is 43.2 Å². The lowest BCUT2D eigenvalue weighted by molar-refractivity contribution is 1.39. The number of rotatable bonds is 2. The Balaban J connectivity index is 2.57. The molecule has 0 amide bonds. The van der Waals surface area contributed by atoms with Crippen LogP contribution >= 0.6 is 11.3 Å². The average Bonchev–Trinajstić information content (AvgIpc) is 2.75. The van der Waals surface area contributed by atoms with Crippen LogP contribution in [0.4, 0.5) is 0 Å². The van der Waals surface area contributed by atoms with Crippen molar-refractivity contribution in [1.29, 1.82) is 10.8 Å². The number of hydrogen-bond acceptors (Lipinski definition) is 3. The van der Waals surface area contributed by atoms with Gasteiger partial charge in [-0.25, -0.2) is 0 Å². The highest BCUT2D eigenvalue weighted by Gasteiger charge is 2.16. The smallest absolute Gasteiger partial charge is 0.124 e. The summed E-state index contributed by atoms with van der Waals surface area (Å²) in [5.74, 6) is -0.123. The molecule has 0 bridgehead atoms. The number of nitrogens with one attached hydrogen (secondary N) is 2. The van der Waals surface area contributed by atoms with Crippen LogP contribution in [-0.2, 0) is 0 Å². The van der Waals surface area contributed by atoms with Gasteiger partial charge in [-0.2, -0.15) is 0 Å². The quantitative estimate of drug-likeness (QED) is 0.424. The summed E-state index contributed by atoms with van der Waals surface area (Å²) < 4.78 is 2.19. The molecule has 19 heavy (non-hydrogen) atoms. The summed E-state index contributed by atoms with van der Waals surface area (Å²) in [6, 6.07) is 11.7. The second-order valence-electron chi connectivity index (χ2n) is 4.29. The van der Waals surface area contributed by atoms with Crippen LogP contribution in [0.3, 0.4) is 0 Å². The maximum absolute atomic E-state index is 7.80. The summed E-state index contributed by atoms with van der Waals surface area (Å²) in [5, 5.41) is 17.4. The van der Waals surface area contributed by atoms with E-state index in [2.05, 4.69) is 0 Å². The number of nitrogens with two attached hydrogens (primary N) is 2. The molecular weight excluding hydrogens is 256 g/mol. The summed E-state index contributed by atoms with van der Waals surface area (Å²) in [6.07, 6.45) is 0. The van der Waals surface area contributed by atoms with Gasteiger partial charge in [-0.1, -0.05) is 18.2 Å². The third-order valence-electron chi connectivity index (χ3n) is 3.10. The van der Waals surface area contributed by atoms with Crippen LogP contribution in [0.15, 0.2) is 36.4 Å². The third-order valence-corrected chi connectivity index (χ3v) is 4.24. The lowest BCUT2D eigenvalue weighted by atomic mass is 9.99. The van der Waals surface area contributed by atoms with Crippen molar-refractivity contribution in [3.63, 3.8) is 0 Å². The molecule has 0 unspecified atom stereocenters. The summed E-state index contributed by atoms with van der Waals surface area (Å²) in [4.78, 5) is 0. The number of thiophene rings is 1. The van der Waals surface area contributed by atoms with E-state index < -0.39 is 0 Å². The van der Waals surface area contributed by atoms with Crippen molar-refractivity contribution in [2.24, 2.45) is 11.5 Å². The SMILES string of the molecule is N=C(N)c1ccc2sc3ccccc3c2c1C(=N)N. The molecule has 0 radical (unpaired) electrons. The Bertz CT molecular complexity index is 832. The number of benzene rings is 2. The zero-order valence-electron chi connectivity index (χ0n) is 10.0. The minimum atomic E-state index is -0.0672. The van der Waals surface area contributed by atoms with Crippen molar-refractivity contribution in [1.82, 2.24) is 0 Å². The van der Waals surface area contributed by atoms with E-state index in [4.69, 9.17) is 22.3 Å². The fourth-order valence-electron chi connectivity index (χ4n) is 2.32. The molecule has 0 aliphatic carbocycles. The van der Waals surface area contributed by atoms with E-state index in [0.717, 1.165) is 20.2 Å². The Hall–Kier alpha value is -2.40. The van der Waals surface area contributed by atoms with Crippen molar-refractivity contribution in [2.45, 2.75) is 0 Å². The van der Waals surface area contributed by atoms with Gasteiger partial charge in [0.15, 0.2) is 0 Å². The molecule has 3 aromatic rings. The van der Waals surface area contributed by atoms with Crippen molar-refractivity contribution in [3.8, 4) is 0 Å². The zero-order valence-corrected chi connectivity index (χ0v) is 10.8. The lowest BCUT2D eigenvalue weighted by Crippen LogP contribution is -2.20. The maximum Gasteiger partial charge on any atom is 0.124 e. The normalized spacial score (nSPS) is 10.9. The van der Waals surface area contributed by atoms with Gasteiger partial charge in [-0.3, -0.25) is 10.8 Å². The molecule has 3 rings (SSSR count). The molecule has 0 saturated carbocycles. The van der Waals surface area contributed by atoms with Crippen molar-refractivity contribution in [3.05, 3.63) is 47.5 Å². The van der Waals surface area contributed by atoms with E-state index >= 15 is 0 Å². The second kappa shape index (κ2) is 4.07. The Morgan fingerprint density at radius 1 is 0.895 bits per heavy atom. The predicted molar refractivity (Wildman–Crippen MR) is 81.4 cm³/mol. The van der Waals surface area contributed by atoms with Gasteiger partial charge in [-0.05, 0) is 18.2 Å². The topological polar surface area (TPSA) is 99.7 Å². The minimum Gasteiger partial charge on any atom is -0.384 e. The molecule has 0 atom stereocenters. The average molecular weight is 268 g/mol. The van der Waals surface area contributed by atoms with Gasteiger partial charge in [0.1, 0.15) is 11.7 Å². The third kappa shape index (κ3) is 1.67. The van der Waals surface area contributed by atoms with Gasteiger partial charge in [0.2, 0.25) is 0 Å². The van der Waals surface area contributed by atoms with E-state index in [9.17, 15) is 0 Å².